The van der Waals surface area contributed by atoms with E-state index in [1.165, 1.54) is 0 Å². The largest absolute Gasteiger partial charge is 0.491 e. The molecule has 0 atom stereocenters. The van der Waals surface area contributed by atoms with E-state index in [-0.39, 0.29) is 12.0 Å². The van der Waals surface area contributed by atoms with E-state index < -0.39 is 6.61 Å². The summed E-state index contributed by atoms with van der Waals surface area (Å²) in [6.45, 7) is 3.88. The van der Waals surface area contributed by atoms with Gasteiger partial charge in [-0.15, -0.1) is 0 Å². The lowest BCUT2D eigenvalue weighted by atomic mass is 10.2. The smallest absolute Gasteiger partial charge is 0.245 e. The summed E-state index contributed by atoms with van der Waals surface area (Å²) in [5.74, 6) is 0.440. The minimum absolute atomic E-state index is 0.153. The Kier molecular flexibility index (Phi) is 4.79. The van der Waals surface area contributed by atoms with Crippen LogP contribution in [-0.2, 0) is 11.3 Å². The van der Waals surface area contributed by atoms with Crippen LogP contribution in [0.1, 0.15) is 19.4 Å². The van der Waals surface area contributed by atoms with Crippen LogP contribution in [0.3, 0.4) is 0 Å². The van der Waals surface area contributed by atoms with Gasteiger partial charge in [0.2, 0.25) is 5.91 Å². The van der Waals surface area contributed by atoms with E-state index in [1.807, 2.05) is 38.1 Å². The molecule has 1 amide bonds. The Morgan fingerprint density at radius 2 is 2.00 bits per heavy atom. The molecule has 0 saturated carbocycles. The molecule has 1 aromatic rings. The maximum absolute atomic E-state index is 10.8. The molecule has 4 heteroatoms. The Balaban J connectivity index is 2.48. The summed E-state index contributed by atoms with van der Waals surface area (Å²) in [5.41, 5.74) is 0.970. The van der Waals surface area contributed by atoms with Crippen LogP contribution in [0.5, 0.6) is 5.75 Å². The lowest BCUT2D eigenvalue weighted by Crippen LogP contribution is -2.25. The SMILES string of the molecule is CC(C)Oc1ccc(CNC(=O)CO)cc1. The predicted octanol–water partition coefficient (Wildman–Crippen LogP) is 1.08. The second kappa shape index (κ2) is 6.12. The minimum Gasteiger partial charge on any atom is -0.491 e. The van der Waals surface area contributed by atoms with Gasteiger partial charge in [0, 0.05) is 6.54 Å². The summed E-state index contributed by atoms with van der Waals surface area (Å²) in [5, 5.41) is 11.1. The van der Waals surface area contributed by atoms with E-state index >= 15 is 0 Å². The fourth-order valence-electron chi connectivity index (χ4n) is 1.21. The molecule has 0 aliphatic heterocycles. The number of amides is 1. The van der Waals surface area contributed by atoms with Gasteiger partial charge in [0.25, 0.3) is 0 Å². The molecule has 4 nitrogen and oxygen atoms in total. The normalized spacial score (nSPS) is 10.2. The number of hydrogen-bond donors (Lipinski definition) is 2. The molecule has 0 fully saturated rings. The van der Waals surface area contributed by atoms with E-state index in [9.17, 15) is 4.79 Å². The van der Waals surface area contributed by atoms with Gasteiger partial charge in [-0.1, -0.05) is 12.1 Å². The summed E-state index contributed by atoms with van der Waals surface area (Å²) < 4.78 is 5.49. The second-order valence-electron chi connectivity index (χ2n) is 3.75. The first kappa shape index (κ1) is 12.5. The van der Waals surface area contributed by atoms with Crippen molar-refractivity contribution in [1.29, 1.82) is 0 Å². The molecule has 1 rings (SSSR count). The summed E-state index contributed by atoms with van der Waals surface area (Å²) in [4.78, 5) is 10.8. The van der Waals surface area contributed by atoms with Crippen LogP contribution in [0, 0.1) is 0 Å². The molecule has 0 radical (unpaired) electrons. The molecule has 1 aromatic carbocycles. The summed E-state index contributed by atoms with van der Waals surface area (Å²) in [6, 6.07) is 7.49. The number of carbonyl (C=O) groups is 1. The molecule has 0 aliphatic carbocycles. The topological polar surface area (TPSA) is 58.6 Å². The number of benzene rings is 1. The Morgan fingerprint density at radius 1 is 1.38 bits per heavy atom. The first-order valence-electron chi connectivity index (χ1n) is 5.25. The van der Waals surface area contributed by atoms with Crippen molar-refractivity contribution in [3.05, 3.63) is 29.8 Å². The van der Waals surface area contributed by atoms with Gasteiger partial charge in [-0.2, -0.15) is 0 Å². The quantitative estimate of drug-likeness (QED) is 0.785. The molecular formula is C12H17NO3. The zero-order valence-electron chi connectivity index (χ0n) is 9.56. The molecule has 0 heterocycles. The van der Waals surface area contributed by atoms with Gasteiger partial charge in [-0.3, -0.25) is 4.79 Å². The maximum Gasteiger partial charge on any atom is 0.245 e. The third-order valence-electron chi connectivity index (χ3n) is 1.93. The number of aliphatic hydroxyl groups excluding tert-OH is 1. The molecule has 0 bridgehead atoms. The van der Waals surface area contributed by atoms with Crippen LogP contribution in [0.2, 0.25) is 0 Å². The van der Waals surface area contributed by atoms with Crippen LogP contribution in [0.15, 0.2) is 24.3 Å². The molecule has 0 unspecified atom stereocenters. The molecule has 0 aromatic heterocycles. The molecule has 88 valence electrons. The average Bonchev–Trinajstić information content (AvgIpc) is 2.27. The number of nitrogens with one attached hydrogen (secondary N) is 1. The van der Waals surface area contributed by atoms with Gasteiger partial charge in [0.05, 0.1) is 6.10 Å². The van der Waals surface area contributed by atoms with E-state index in [0.717, 1.165) is 11.3 Å². The van der Waals surface area contributed by atoms with Crippen molar-refractivity contribution >= 4 is 5.91 Å². The third kappa shape index (κ3) is 4.31. The molecule has 2 N–H and O–H groups in total. The number of hydrogen-bond acceptors (Lipinski definition) is 3. The average molecular weight is 223 g/mol. The lowest BCUT2D eigenvalue weighted by Gasteiger charge is -2.10. The third-order valence-corrected chi connectivity index (χ3v) is 1.93. The highest BCUT2D eigenvalue weighted by Crippen LogP contribution is 2.13. The van der Waals surface area contributed by atoms with E-state index in [1.54, 1.807) is 0 Å². The fraction of sp³-hybridized carbons (Fsp3) is 0.417. The predicted molar refractivity (Wildman–Crippen MR) is 61.1 cm³/mol. The lowest BCUT2D eigenvalue weighted by molar-refractivity contribution is -0.123. The fourth-order valence-corrected chi connectivity index (χ4v) is 1.21. The van der Waals surface area contributed by atoms with Crippen LogP contribution in [0.4, 0.5) is 0 Å². The molecule has 16 heavy (non-hydrogen) atoms. The Hall–Kier alpha value is -1.55. The van der Waals surface area contributed by atoms with Crippen LogP contribution in [-0.4, -0.2) is 23.7 Å². The first-order valence-corrected chi connectivity index (χ1v) is 5.25. The highest BCUT2D eigenvalue weighted by molar-refractivity contribution is 5.76. The number of aliphatic hydroxyl groups is 1. The number of ether oxygens (including phenoxy) is 1. The van der Waals surface area contributed by atoms with Gasteiger partial charge in [0.1, 0.15) is 12.4 Å². The molecule has 0 saturated heterocycles. The molecule has 0 spiro atoms. The van der Waals surface area contributed by atoms with Crippen molar-refractivity contribution in [2.24, 2.45) is 0 Å². The van der Waals surface area contributed by atoms with Crippen molar-refractivity contribution < 1.29 is 14.6 Å². The Morgan fingerprint density at radius 3 is 2.50 bits per heavy atom. The number of carbonyl (C=O) groups excluding carboxylic acids is 1. The van der Waals surface area contributed by atoms with E-state index in [2.05, 4.69) is 5.32 Å². The van der Waals surface area contributed by atoms with Crippen LogP contribution >= 0.6 is 0 Å². The van der Waals surface area contributed by atoms with Crippen LogP contribution < -0.4 is 10.1 Å². The second-order valence-corrected chi connectivity index (χ2v) is 3.75. The standard InChI is InChI=1S/C12H17NO3/c1-9(2)16-11-5-3-10(4-6-11)7-13-12(15)8-14/h3-6,9,14H,7-8H2,1-2H3,(H,13,15). The zero-order chi connectivity index (χ0) is 12.0. The maximum atomic E-state index is 10.8. The van der Waals surface area contributed by atoms with Crippen LogP contribution in [0.25, 0.3) is 0 Å². The highest BCUT2D eigenvalue weighted by Gasteiger charge is 2.00. The molecule has 0 aliphatic rings. The van der Waals surface area contributed by atoms with Crippen molar-refractivity contribution in [1.82, 2.24) is 5.32 Å². The monoisotopic (exact) mass is 223 g/mol. The van der Waals surface area contributed by atoms with Crippen molar-refractivity contribution in [2.45, 2.75) is 26.5 Å². The van der Waals surface area contributed by atoms with Crippen molar-refractivity contribution in [3.63, 3.8) is 0 Å². The minimum atomic E-state index is -0.478. The zero-order valence-corrected chi connectivity index (χ0v) is 9.56. The van der Waals surface area contributed by atoms with Gasteiger partial charge in [-0.05, 0) is 31.5 Å². The summed E-state index contributed by atoms with van der Waals surface area (Å²) in [6.07, 6.45) is 0.153. The molecular weight excluding hydrogens is 206 g/mol. The number of rotatable bonds is 5. The van der Waals surface area contributed by atoms with Crippen molar-refractivity contribution in [3.8, 4) is 5.75 Å². The van der Waals surface area contributed by atoms with Gasteiger partial charge < -0.3 is 15.2 Å². The van der Waals surface area contributed by atoms with Crippen molar-refractivity contribution in [2.75, 3.05) is 6.61 Å². The van der Waals surface area contributed by atoms with E-state index in [0.29, 0.717) is 6.54 Å². The summed E-state index contributed by atoms with van der Waals surface area (Å²) >= 11 is 0. The summed E-state index contributed by atoms with van der Waals surface area (Å²) in [7, 11) is 0. The van der Waals surface area contributed by atoms with Gasteiger partial charge in [0.15, 0.2) is 0 Å². The Bertz CT molecular complexity index is 333. The Labute approximate surface area is 95.2 Å². The van der Waals surface area contributed by atoms with Gasteiger partial charge in [-0.25, -0.2) is 0 Å². The van der Waals surface area contributed by atoms with Gasteiger partial charge >= 0.3 is 0 Å². The highest BCUT2D eigenvalue weighted by atomic mass is 16.5. The van der Waals surface area contributed by atoms with E-state index in [4.69, 9.17) is 9.84 Å². The first-order chi connectivity index (χ1) is 7.61.